The molecule has 2 aromatic rings. The Kier molecular flexibility index (Phi) is 7.80. The normalized spacial score (nSPS) is 10.7. The Morgan fingerprint density at radius 1 is 1.04 bits per heavy atom. The number of hydrogen-bond donors (Lipinski definition) is 1. The van der Waals surface area contributed by atoms with E-state index < -0.39 is 0 Å². The van der Waals surface area contributed by atoms with Crippen molar-refractivity contribution in [1.29, 1.82) is 0 Å². The second kappa shape index (κ2) is 9.84. The molecule has 2 aromatic carbocycles. The van der Waals surface area contributed by atoms with Gasteiger partial charge in [0.15, 0.2) is 5.75 Å². The Balaban J connectivity index is 2.06. The number of hydrogen-bond acceptors (Lipinski definition) is 2. The average molecular weight is 394 g/mol. The number of anilines is 1. The van der Waals surface area contributed by atoms with Crippen LogP contribution in [0.15, 0.2) is 30.3 Å². The Labute approximate surface area is 165 Å². The summed E-state index contributed by atoms with van der Waals surface area (Å²) < 4.78 is 5.70. The van der Waals surface area contributed by atoms with Crippen LogP contribution in [0.1, 0.15) is 54.1 Å². The van der Waals surface area contributed by atoms with Gasteiger partial charge in [0.2, 0.25) is 0 Å². The van der Waals surface area contributed by atoms with Gasteiger partial charge < -0.3 is 10.1 Å². The quantitative estimate of drug-likeness (QED) is 0.499. The van der Waals surface area contributed by atoms with E-state index in [1.165, 1.54) is 12.8 Å². The molecule has 0 saturated heterocycles. The van der Waals surface area contributed by atoms with Gasteiger partial charge in [-0.25, -0.2) is 0 Å². The van der Waals surface area contributed by atoms with Gasteiger partial charge in [-0.05, 0) is 44.0 Å². The molecule has 0 fully saturated rings. The summed E-state index contributed by atoms with van der Waals surface area (Å²) in [7, 11) is 0. The molecular weight excluding hydrogens is 369 g/mol. The predicted octanol–water partition coefficient (Wildman–Crippen LogP) is 6.82. The van der Waals surface area contributed by atoms with Crippen LogP contribution in [0.5, 0.6) is 5.75 Å². The van der Waals surface area contributed by atoms with E-state index in [9.17, 15) is 4.79 Å². The number of nitrogens with one attached hydrogen (secondary N) is 1. The lowest BCUT2D eigenvalue weighted by Gasteiger charge is -2.13. The van der Waals surface area contributed by atoms with Crippen LogP contribution in [0, 0.1) is 13.8 Å². The minimum atomic E-state index is -0.254. The zero-order chi connectivity index (χ0) is 19.1. The van der Waals surface area contributed by atoms with Gasteiger partial charge in [-0.3, -0.25) is 4.79 Å². The summed E-state index contributed by atoms with van der Waals surface area (Å²) in [4.78, 5) is 12.5. The molecule has 1 amide bonds. The molecule has 5 heteroatoms. The number of carbonyl (C=O) groups excluding carboxylic acids is 1. The summed E-state index contributed by atoms with van der Waals surface area (Å²) >= 11 is 12.6. The number of aryl methyl sites for hydroxylation is 2. The molecule has 0 unspecified atom stereocenters. The van der Waals surface area contributed by atoms with Crippen molar-refractivity contribution in [2.24, 2.45) is 0 Å². The first-order valence-electron chi connectivity index (χ1n) is 8.92. The third kappa shape index (κ3) is 5.65. The molecular formula is C21H25Cl2NO2. The SMILES string of the molecule is CCCCCCOc1c(Cl)cc(C(=O)Nc2ccc(C)cc2C)cc1Cl. The standard InChI is InChI=1S/C21H25Cl2NO2/c1-4-5-6-7-10-26-20-17(22)12-16(13-18(20)23)21(25)24-19-9-8-14(2)11-15(19)3/h8-9,11-13H,4-7,10H2,1-3H3,(H,24,25). The smallest absolute Gasteiger partial charge is 0.255 e. The summed E-state index contributed by atoms with van der Waals surface area (Å²) in [5, 5.41) is 3.59. The van der Waals surface area contributed by atoms with E-state index in [4.69, 9.17) is 27.9 Å². The first kappa shape index (κ1) is 20.6. The van der Waals surface area contributed by atoms with Crippen molar-refractivity contribution in [3.63, 3.8) is 0 Å². The highest BCUT2D eigenvalue weighted by Crippen LogP contribution is 2.34. The van der Waals surface area contributed by atoms with E-state index in [1.54, 1.807) is 12.1 Å². The number of amides is 1. The maximum absolute atomic E-state index is 12.5. The van der Waals surface area contributed by atoms with Crippen molar-refractivity contribution >= 4 is 34.8 Å². The number of rotatable bonds is 8. The van der Waals surface area contributed by atoms with Gasteiger partial charge in [-0.1, -0.05) is 67.1 Å². The van der Waals surface area contributed by atoms with Crippen LogP contribution in [0.4, 0.5) is 5.69 Å². The second-order valence-corrected chi connectivity index (χ2v) is 7.27. The fourth-order valence-electron chi connectivity index (χ4n) is 2.68. The maximum Gasteiger partial charge on any atom is 0.255 e. The fraction of sp³-hybridized carbons (Fsp3) is 0.381. The van der Waals surface area contributed by atoms with Crippen molar-refractivity contribution in [2.75, 3.05) is 11.9 Å². The van der Waals surface area contributed by atoms with Gasteiger partial charge in [0.25, 0.3) is 5.91 Å². The molecule has 140 valence electrons. The minimum absolute atomic E-state index is 0.254. The Morgan fingerprint density at radius 2 is 1.73 bits per heavy atom. The molecule has 2 rings (SSSR count). The van der Waals surface area contributed by atoms with Crippen molar-refractivity contribution in [3.8, 4) is 5.75 Å². The zero-order valence-electron chi connectivity index (χ0n) is 15.5. The molecule has 0 saturated carbocycles. The van der Waals surface area contributed by atoms with Crippen molar-refractivity contribution in [3.05, 3.63) is 57.1 Å². The van der Waals surface area contributed by atoms with Crippen molar-refractivity contribution < 1.29 is 9.53 Å². The molecule has 0 aromatic heterocycles. The van der Waals surface area contributed by atoms with E-state index >= 15 is 0 Å². The van der Waals surface area contributed by atoms with Gasteiger partial charge in [0, 0.05) is 11.3 Å². The molecule has 0 atom stereocenters. The van der Waals surface area contributed by atoms with Gasteiger partial charge in [0.1, 0.15) is 0 Å². The lowest BCUT2D eigenvalue weighted by molar-refractivity contribution is 0.102. The van der Waals surface area contributed by atoms with Crippen LogP contribution < -0.4 is 10.1 Å². The topological polar surface area (TPSA) is 38.3 Å². The number of benzene rings is 2. The fourth-order valence-corrected chi connectivity index (χ4v) is 3.28. The van der Waals surface area contributed by atoms with Gasteiger partial charge in [0.05, 0.1) is 16.7 Å². The number of carbonyl (C=O) groups is 1. The average Bonchev–Trinajstić information content (AvgIpc) is 2.59. The lowest BCUT2D eigenvalue weighted by Crippen LogP contribution is -2.13. The molecule has 1 N–H and O–H groups in total. The first-order chi connectivity index (χ1) is 12.4. The summed E-state index contributed by atoms with van der Waals surface area (Å²) in [5.41, 5.74) is 3.32. The van der Waals surface area contributed by atoms with E-state index in [1.807, 2.05) is 32.0 Å². The molecule has 0 aliphatic heterocycles. The van der Waals surface area contributed by atoms with E-state index in [-0.39, 0.29) is 5.91 Å². The first-order valence-corrected chi connectivity index (χ1v) is 9.68. The largest absolute Gasteiger partial charge is 0.490 e. The molecule has 0 heterocycles. The Morgan fingerprint density at radius 3 is 2.35 bits per heavy atom. The number of ether oxygens (including phenoxy) is 1. The molecule has 0 bridgehead atoms. The summed E-state index contributed by atoms with van der Waals surface area (Å²) in [5.74, 6) is 0.183. The van der Waals surface area contributed by atoms with Crippen LogP contribution in [0.3, 0.4) is 0 Å². The molecule has 26 heavy (non-hydrogen) atoms. The van der Waals surface area contributed by atoms with Crippen LogP contribution in [-0.4, -0.2) is 12.5 Å². The van der Waals surface area contributed by atoms with E-state index in [0.717, 1.165) is 29.7 Å². The minimum Gasteiger partial charge on any atom is -0.490 e. The molecule has 0 radical (unpaired) electrons. The predicted molar refractivity (Wildman–Crippen MR) is 110 cm³/mol. The van der Waals surface area contributed by atoms with Crippen LogP contribution in [0.2, 0.25) is 10.0 Å². The molecule has 3 nitrogen and oxygen atoms in total. The van der Waals surface area contributed by atoms with Gasteiger partial charge in [-0.2, -0.15) is 0 Å². The van der Waals surface area contributed by atoms with Crippen LogP contribution >= 0.6 is 23.2 Å². The summed E-state index contributed by atoms with van der Waals surface area (Å²) in [6, 6.07) is 9.05. The van der Waals surface area contributed by atoms with Crippen LogP contribution in [0.25, 0.3) is 0 Å². The summed E-state index contributed by atoms with van der Waals surface area (Å²) in [6.07, 6.45) is 4.42. The Hall–Kier alpha value is -1.71. The van der Waals surface area contributed by atoms with Crippen molar-refractivity contribution in [2.45, 2.75) is 46.5 Å². The second-order valence-electron chi connectivity index (χ2n) is 6.45. The van der Waals surface area contributed by atoms with Crippen LogP contribution in [-0.2, 0) is 0 Å². The van der Waals surface area contributed by atoms with Crippen molar-refractivity contribution in [1.82, 2.24) is 0 Å². The third-order valence-corrected chi connectivity index (χ3v) is 4.70. The van der Waals surface area contributed by atoms with E-state index in [2.05, 4.69) is 12.2 Å². The Bertz CT molecular complexity index is 752. The van der Waals surface area contributed by atoms with Gasteiger partial charge >= 0.3 is 0 Å². The molecule has 0 spiro atoms. The maximum atomic E-state index is 12.5. The number of unbranched alkanes of at least 4 members (excludes halogenated alkanes) is 3. The lowest BCUT2D eigenvalue weighted by atomic mass is 10.1. The highest BCUT2D eigenvalue weighted by atomic mass is 35.5. The van der Waals surface area contributed by atoms with Gasteiger partial charge in [-0.15, -0.1) is 0 Å². The summed E-state index contributed by atoms with van der Waals surface area (Å²) in [6.45, 7) is 6.70. The highest BCUT2D eigenvalue weighted by molar-refractivity contribution is 6.37. The zero-order valence-corrected chi connectivity index (χ0v) is 17.0. The highest BCUT2D eigenvalue weighted by Gasteiger charge is 2.15. The van der Waals surface area contributed by atoms with E-state index in [0.29, 0.717) is 28.0 Å². The molecule has 0 aliphatic carbocycles. The third-order valence-electron chi connectivity index (χ3n) is 4.13. The monoisotopic (exact) mass is 393 g/mol. The number of halogens is 2. The molecule has 0 aliphatic rings.